The van der Waals surface area contributed by atoms with E-state index in [0.29, 0.717) is 12.0 Å². The zero-order chi connectivity index (χ0) is 13.8. The van der Waals surface area contributed by atoms with Crippen molar-refractivity contribution in [2.24, 2.45) is 5.84 Å². The predicted octanol–water partition coefficient (Wildman–Crippen LogP) is 2.93. The zero-order valence-electron chi connectivity index (χ0n) is 10.5. The smallest absolute Gasteiger partial charge is 0.142 e. The molecular weight excluding hydrogens is 265 g/mol. The highest BCUT2D eigenvalue weighted by Crippen LogP contribution is 2.25. The molecule has 0 aliphatic carbocycles. The lowest BCUT2D eigenvalue weighted by Gasteiger charge is -2.17. The Morgan fingerprint density at radius 1 is 1.42 bits per heavy atom. The minimum atomic E-state index is -0.419. The molecule has 5 heteroatoms. The lowest BCUT2D eigenvalue weighted by molar-refractivity contribution is 0.547. The molecule has 0 saturated heterocycles. The molecule has 1 aromatic heterocycles. The van der Waals surface area contributed by atoms with Crippen LogP contribution in [0.2, 0.25) is 5.02 Å². The maximum absolute atomic E-state index is 13.4. The fourth-order valence-corrected chi connectivity index (χ4v) is 2.17. The predicted molar refractivity (Wildman–Crippen MR) is 74.2 cm³/mol. The Hall–Kier alpha value is -1.49. The molecule has 1 unspecified atom stereocenters. The minimum absolute atomic E-state index is 0.142. The lowest BCUT2D eigenvalue weighted by Crippen LogP contribution is -2.29. The van der Waals surface area contributed by atoms with E-state index in [4.69, 9.17) is 17.4 Å². The summed E-state index contributed by atoms with van der Waals surface area (Å²) in [5.41, 5.74) is 5.43. The molecule has 19 heavy (non-hydrogen) atoms. The van der Waals surface area contributed by atoms with Gasteiger partial charge in [-0.05, 0) is 36.1 Å². The number of benzene rings is 1. The Morgan fingerprint density at radius 2 is 2.21 bits per heavy atom. The standard InChI is InChI=1S/C14H15ClFN3/c1-9-5-11(8-18-7-9)13(19-17)6-10-3-2-4-12(16)14(10)15/h2-5,7-8,13,19H,6,17H2,1H3. The topological polar surface area (TPSA) is 50.9 Å². The molecular formula is C14H15ClFN3. The number of aryl methyl sites for hydroxylation is 1. The van der Waals surface area contributed by atoms with Crippen molar-refractivity contribution in [1.82, 2.24) is 10.4 Å². The number of halogens is 2. The second kappa shape index (κ2) is 6.10. The van der Waals surface area contributed by atoms with Gasteiger partial charge in [-0.1, -0.05) is 29.8 Å². The first-order valence-corrected chi connectivity index (χ1v) is 6.30. The normalized spacial score (nSPS) is 12.4. The van der Waals surface area contributed by atoms with Gasteiger partial charge in [0.25, 0.3) is 0 Å². The molecule has 100 valence electrons. The van der Waals surface area contributed by atoms with Crippen LogP contribution in [0.4, 0.5) is 4.39 Å². The van der Waals surface area contributed by atoms with Crippen LogP contribution in [0.15, 0.2) is 36.7 Å². The second-order valence-electron chi connectivity index (χ2n) is 4.43. The van der Waals surface area contributed by atoms with E-state index in [1.165, 1.54) is 6.07 Å². The summed E-state index contributed by atoms with van der Waals surface area (Å²) in [4.78, 5) is 4.13. The molecule has 0 fully saturated rings. The van der Waals surface area contributed by atoms with Gasteiger partial charge in [0.1, 0.15) is 5.82 Å². The molecule has 0 amide bonds. The number of nitrogens with one attached hydrogen (secondary N) is 1. The molecule has 0 bridgehead atoms. The third-order valence-electron chi connectivity index (χ3n) is 2.96. The van der Waals surface area contributed by atoms with Crippen LogP contribution >= 0.6 is 11.6 Å². The molecule has 0 saturated carbocycles. The third-order valence-corrected chi connectivity index (χ3v) is 3.38. The van der Waals surface area contributed by atoms with Crippen molar-refractivity contribution < 1.29 is 4.39 Å². The maximum Gasteiger partial charge on any atom is 0.142 e. The molecule has 1 aromatic carbocycles. The van der Waals surface area contributed by atoms with E-state index in [1.54, 1.807) is 24.5 Å². The van der Waals surface area contributed by atoms with Gasteiger partial charge in [-0.25, -0.2) is 4.39 Å². The number of aromatic nitrogens is 1. The molecule has 2 rings (SSSR count). The highest BCUT2D eigenvalue weighted by atomic mass is 35.5. The first-order chi connectivity index (χ1) is 9.11. The SMILES string of the molecule is Cc1cncc(C(Cc2cccc(F)c2Cl)NN)c1. The minimum Gasteiger partial charge on any atom is -0.271 e. The summed E-state index contributed by atoms with van der Waals surface area (Å²) in [6.45, 7) is 1.96. The Labute approximate surface area is 116 Å². The fourth-order valence-electron chi connectivity index (χ4n) is 1.97. The van der Waals surface area contributed by atoms with Crippen molar-refractivity contribution in [3.63, 3.8) is 0 Å². The highest BCUT2D eigenvalue weighted by molar-refractivity contribution is 6.31. The van der Waals surface area contributed by atoms with E-state index >= 15 is 0 Å². The molecule has 0 spiro atoms. The van der Waals surface area contributed by atoms with Crippen molar-refractivity contribution in [2.75, 3.05) is 0 Å². The van der Waals surface area contributed by atoms with Gasteiger partial charge in [-0.3, -0.25) is 16.3 Å². The molecule has 0 aliphatic heterocycles. The molecule has 0 aliphatic rings. The van der Waals surface area contributed by atoms with E-state index in [2.05, 4.69) is 10.4 Å². The van der Waals surface area contributed by atoms with Gasteiger partial charge in [0.15, 0.2) is 0 Å². The van der Waals surface area contributed by atoms with E-state index in [-0.39, 0.29) is 11.1 Å². The maximum atomic E-state index is 13.4. The van der Waals surface area contributed by atoms with E-state index < -0.39 is 5.82 Å². The van der Waals surface area contributed by atoms with Gasteiger partial charge < -0.3 is 0 Å². The number of hydrazine groups is 1. The number of nitrogens with zero attached hydrogens (tertiary/aromatic N) is 1. The molecule has 1 atom stereocenters. The summed E-state index contributed by atoms with van der Waals surface area (Å²) >= 11 is 5.95. The molecule has 1 heterocycles. The third kappa shape index (κ3) is 3.29. The van der Waals surface area contributed by atoms with Gasteiger partial charge in [0.05, 0.1) is 11.1 Å². The summed E-state index contributed by atoms with van der Waals surface area (Å²) in [5, 5.41) is 0.142. The Morgan fingerprint density at radius 3 is 2.89 bits per heavy atom. The number of hydrogen-bond donors (Lipinski definition) is 2. The molecule has 2 aromatic rings. The number of nitrogens with two attached hydrogens (primary N) is 1. The summed E-state index contributed by atoms with van der Waals surface area (Å²) in [5.74, 6) is 5.16. The van der Waals surface area contributed by atoms with Crippen molar-refractivity contribution in [2.45, 2.75) is 19.4 Å². The van der Waals surface area contributed by atoms with Crippen LogP contribution in [0.25, 0.3) is 0 Å². The largest absolute Gasteiger partial charge is 0.271 e. The molecule has 3 nitrogen and oxygen atoms in total. The van der Waals surface area contributed by atoms with Crippen molar-refractivity contribution in [3.8, 4) is 0 Å². The first-order valence-electron chi connectivity index (χ1n) is 5.92. The Bertz CT molecular complexity index is 574. The van der Waals surface area contributed by atoms with Crippen LogP contribution in [0.1, 0.15) is 22.7 Å². The van der Waals surface area contributed by atoms with Gasteiger partial charge in [0.2, 0.25) is 0 Å². The monoisotopic (exact) mass is 279 g/mol. The van der Waals surface area contributed by atoms with Crippen LogP contribution < -0.4 is 11.3 Å². The Balaban J connectivity index is 2.26. The Kier molecular flexibility index (Phi) is 4.47. The van der Waals surface area contributed by atoms with Crippen molar-refractivity contribution >= 4 is 11.6 Å². The van der Waals surface area contributed by atoms with Gasteiger partial charge in [-0.15, -0.1) is 0 Å². The number of rotatable bonds is 4. The zero-order valence-corrected chi connectivity index (χ0v) is 11.3. The van der Waals surface area contributed by atoms with Gasteiger partial charge >= 0.3 is 0 Å². The average Bonchev–Trinajstić information content (AvgIpc) is 2.40. The van der Waals surface area contributed by atoms with Gasteiger partial charge in [0, 0.05) is 12.4 Å². The quantitative estimate of drug-likeness (QED) is 0.668. The summed E-state index contributed by atoms with van der Waals surface area (Å²) in [6.07, 6.45) is 4.01. The van der Waals surface area contributed by atoms with E-state index in [9.17, 15) is 4.39 Å². The summed E-state index contributed by atoms with van der Waals surface area (Å²) in [7, 11) is 0. The number of hydrogen-bond acceptors (Lipinski definition) is 3. The van der Waals surface area contributed by atoms with Crippen LogP contribution in [0.5, 0.6) is 0 Å². The van der Waals surface area contributed by atoms with Crippen LogP contribution in [-0.2, 0) is 6.42 Å². The average molecular weight is 280 g/mol. The first kappa shape index (κ1) is 13.9. The molecule has 0 radical (unpaired) electrons. The number of pyridine rings is 1. The van der Waals surface area contributed by atoms with Crippen molar-refractivity contribution in [1.29, 1.82) is 0 Å². The van der Waals surface area contributed by atoms with Crippen LogP contribution in [-0.4, -0.2) is 4.98 Å². The van der Waals surface area contributed by atoms with Crippen molar-refractivity contribution in [3.05, 3.63) is 64.2 Å². The van der Waals surface area contributed by atoms with Crippen LogP contribution in [0.3, 0.4) is 0 Å². The fraction of sp³-hybridized carbons (Fsp3) is 0.214. The van der Waals surface area contributed by atoms with E-state index in [1.807, 2.05) is 13.0 Å². The highest BCUT2D eigenvalue weighted by Gasteiger charge is 2.14. The lowest BCUT2D eigenvalue weighted by atomic mass is 10.00. The summed E-state index contributed by atoms with van der Waals surface area (Å²) < 4.78 is 13.4. The van der Waals surface area contributed by atoms with Crippen LogP contribution in [0, 0.1) is 12.7 Å². The van der Waals surface area contributed by atoms with Gasteiger partial charge in [-0.2, -0.15) is 0 Å². The second-order valence-corrected chi connectivity index (χ2v) is 4.81. The molecule has 3 N–H and O–H groups in total. The van der Waals surface area contributed by atoms with E-state index in [0.717, 1.165) is 11.1 Å². The summed E-state index contributed by atoms with van der Waals surface area (Å²) in [6, 6.07) is 6.60.